The van der Waals surface area contributed by atoms with Gasteiger partial charge in [0.1, 0.15) is 5.82 Å². The molecule has 0 radical (unpaired) electrons. The third kappa shape index (κ3) is 3.33. The minimum atomic E-state index is -0.180. The lowest BCUT2D eigenvalue weighted by Crippen LogP contribution is -2.21. The van der Waals surface area contributed by atoms with Crippen molar-refractivity contribution < 1.29 is 9.59 Å². The highest BCUT2D eigenvalue weighted by Crippen LogP contribution is 2.31. The summed E-state index contributed by atoms with van der Waals surface area (Å²) in [6, 6.07) is 5.18. The fourth-order valence-corrected chi connectivity index (χ4v) is 2.78. The smallest absolute Gasteiger partial charge is 0.224 e. The van der Waals surface area contributed by atoms with Gasteiger partial charge < -0.3 is 21.4 Å². The van der Waals surface area contributed by atoms with E-state index in [1.165, 1.54) is 0 Å². The fraction of sp³-hybridized carbons (Fsp3) is 0.312. The van der Waals surface area contributed by atoms with E-state index in [0.717, 1.165) is 30.5 Å². The molecule has 7 heteroatoms. The van der Waals surface area contributed by atoms with Crippen molar-refractivity contribution in [3.05, 3.63) is 30.2 Å². The number of aromatic nitrogens is 2. The van der Waals surface area contributed by atoms with Crippen LogP contribution in [0.1, 0.15) is 37.5 Å². The number of nitrogens with two attached hydrogens (primary N) is 1. The van der Waals surface area contributed by atoms with Crippen molar-refractivity contribution in [3.63, 3.8) is 0 Å². The lowest BCUT2D eigenvalue weighted by molar-refractivity contribution is -0.116. The van der Waals surface area contributed by atoms with Crippen LogP contribution in [0.3, 0.4) is 0 Å². The summed E-state index contributed by atoms with van der Waals surface area (Å²) < 4.78 is 0. The van der Waals surface area contributed by atoms with Crippen LogP contribution in [0.5, 0.6) is 0 Å². The van der Waals surface area contributed by atoms with Crippen LogP contribution in [0, 0.1) is 0 Å². The van der Waals surface area contributed by atoms with Gasteiger partial charge in [-0.2, -0.15) is 0 Å². The van der Waals surface area contributed by atoms with Gasteiger partial charge in [-0.15, -0.1) is 0 Å². The summed E-state index contributed by atoms with van der Waals surface area (Å²) in [7, 11) is 0. The quantitative estimate of drug-likeness (QED) is 0.501. The maximum Gasteiger partial charge on any atom is 0.224 e. The number of rotatable bonds is 2. The second-order valence-electron chi connectivity index (χ2n) is 5.62. The van der Waals surface area contributed by atoms with E-state index in [4.69, 9.17) is 5.73 Å². The number of hydrogen-bond acceptors (Lipinski definition) is 4. The standard InChI is InChI=1S/C16H19N5O2/c17-10-5-6-11-13(7-10)20-15(23)4-2-1-3-12(19-9-22)16-18-8-14(11)21-16/h5-9,12H,1-4,17H2,(H,18,21)(H,19,22)(H,20,23)/t12-/m0/s1. The average Bonchev–Trinajstić information content (AvgIpc) is 2.99. The predicted molar refractivity (Wildman–Crippen MR) is 87.5 cm³/mol. The van der Waals surface area contributed by atoms with Crippen molar-refractivity contribution in [1.29, 1.82) is 0 Å². The number of benzene rings is 1. The van der Waals surface area contributed by atoms with Crippen molar-refractivity contribution in [2.24, 2.45) is 0 Å². The third-order valence-corrected chi connectivity index (χ3v) is 3.95. The number of nitrogens with zero attached hydrogens (tertiary/aromatic N) is 1. The van der Waals surface area contributed by atoms with E-state index < -0.39 is 0 Å². The molecule has 0 fully saturated rings. The molecule has 0 unspecified atom stereocenters. The van der Waals surface area contributed by atoms with Gasteiger partial charge in [0.15, 0.2) is 0 Å². The Bertz CT molecular complexity index is 725. The van der Waals surface area contributed by atoms with Gasteiger partial charge in [0, 0.05) is 17.7 Å². The lowest BCUT2D eigenvalue weighted by atomic mass is 10.1. The number of hydrogen-bond donors (Lipinski definition) is 4. The molecule has 1 aliphatic rings. The third-order valence-electron chi connectivity index (χ3n) is 3.95. The van der Waals surface area contributed by atoms with Crippen LogP contribution >= 0.6 is 0 Å². The van der Waals surface area contributed by atoms with Crippen molar-refractivity contribution in [3.8, 4) is 11.3 Å². The Morgan fingerprint density at radius 3 is 3.04 bits per heavy atom. The fourth-order valence-electron chi connectivity index (χ4n) is 2.78. The Morgan fingerprint density at radius 1 is 1.35 bits per heavy atom. The molecular formula is C16H19N5O2. The molecule has 1 atom stereocenters. The zero-order valence-corrected chi connectivity index (χ0v) is 12.6. The molecule has 1 aromatic heterocycles. The summed E-state index contributed by atoms with van der Waals surface area (Å²) in [6.07, 6.45) is 5.11. The molecule has 1 aromatic carbocycles. The summed E-state index contributed by atoms with van der Waals surface area (Å²) in [5, 5.41) is 5.70. The normalized spacial score (nSPS) is 18.1. The molecule has 2 aromatic rings. The molecule has 0 aliphatic carbocycles. The molecule has 0 saturated heterocycles. The number of amides is 2. The number of nitrogens with one attached hydrogen (secondary N) is 3. The van der Waals surface area contributed by atoms with Gasteiger partial charge in [-0.1, -0.05) is 6.42 Å². The van der Waals surface area contributed by atoms with Gasteiger partial charge in [0.05, 0.1) is 23.6 Å². The van der Waals surface area contributed by atoms with Crippen LogP contribution in [0.25, 0.3) is 11.3 Å². The van der Waals surface area contributed by atoms with E-state index in [0.29, 0.717) is 30.0 Å². The van der Waals surface area contributed by atoms with E-state index in [1.54, 1.807) is 18.3 Å². The number of nitrogen functional groups attached to an aromatic ring is 1. The molecule has 1 aliphatic heterocycles. The molecule has 3 rings (SSSR count). The highest BCUT2D eigenvalue weighted by atomic mass is 16.1. The first kappa shape index (κ1) is 15.1. The molecule has 2 amide bonds. The second-order valence-corrected chi connectivity index (χ2v) is 5.62. The van der Waals surface area contributed by atoms with E-state index >= 15 is 0 Å². The van der Waals surface area contributed by atoms with E-state index in [1.807, 2.05) is 6.07 Å². The Labute approximate surface area is 133 Å². The molecule has 0 saturated carbocycles. The molecule has 23 heavy (non-hydrogen) atoms. The average molecular weight is 313 g/mol. The minimum absolute atomic E-state index is 0.0444. The maximum absolute atomic E-state index is 12.1. The first-order valence-electron chi connectivity index (χ1n) is 7.61. The van der Waals surface area contributed by atoms with Gasteiger partial charge in [-0.05, 0) is 31.0 Å². The monoisotopic (exact) mass is 313 g/mol. The van der Waals surface area contributed by atoms with Crippen LogP contribution in [-0.4, -0.2) is 22.3 Å². The second kappa shape index (κ2) is 6.51. The predicted octanol–water partition coefficient (Wildman–Crippen LogP) is 1.96. The number of aromatic amines is 1. The van der Waals surface area contributed by atoms with Crippen LogP contribution in [-0.2, 0) is 9.59 Å². The highest BCUT2D eigenvalue weighted by Gasteiger charge is 2.18. The Balaban J connectivity index is 2.04. The number of anilines is 2. The Kier molecular flexibility index (Phi) is 4.27. The summed E-state index contributed by atoms with van der Waals surface area (Å²) in [4.78, 5) is 30.5. The zero-order valence-electron chi connectivity index (χ0n) is 12.6. The van der Waals surface area contributed by atoms with Gasteiger partial charge in [-0.25, -0.2) is 4.98 Å². The van der Waals surface area contributed by atoms with Crippen LogP contribution in [0.15, 0.2) is 24.4 Å². The summed E-state index contributed by atoms with van der Waals surface area (Å²) in [6.45, 7) is 0. The Morgan fingerprint density at radius 2 is 2.22 bits per heavy atom. The number of H-pyrrole nitrogens is 1. The molecule has 2 bridgehead atoms. The summed E-state index contributed by atoms with van der Waals surface area (Å²) >= 11 is 0. The summed E-state index contributed by atoms with van der Waals surface area (Å²) in [5.41, 5.74) is 8.66. The highest BCUT2D eigenvalue weighted by molar-refractivity contribution is 5.95. The first-order valence-corrected chi connectivity index (χ1v) is 7.61. The van der Waals surface area contributed by atoms with Gasteiger partial charge in [-0.3, -0.25) is 9.59 Å². The number of carbonyl (C=O) groups excluding carboxylic acids is 2. The van der Waals surface area contributed by atoms with Crippen molar-refractivity contribution in [2.45, 2.75) is 31.7 Å². The number of fused-ring (bicyclic) bond motifs is 4. The first-order chi connectivity index (χ1) is 11.2. The van der Waals surface area contributed by atoms with E-state index in [2.05, 4.69) is 20.6 Å². The van der Waals surface area contributed by atoms with Crippen LogP contribution in [0.2, 0.25) is 0 Å². The van der Waals surface area contributed by atoms with Crippen molar-refractivity contribution >= 4 is 23.7 Å². The number of carbonyl (C=O) groups is 2. The lowest BCUT2D eigenvalue weighted by Gasteiger charge is -2.15. The molecule has 5 N–H and O–H groups in total. The Hall–Kier alpha value is -2.83. The molecule has 2 heterocycles. The largest absolute Gasteiger partial charge is 0.399 e. The van der Waals surface area contributed by atoms with Crippen molar-refractivity contribution in [2.75, 3.05) is 11.1 Å². The van der Waals surface area contributed by atoms with Gasteiger partial charge >= 0.3 is 0 Å². The SMILES string of the molecule is Nc1ccc2c(c1)NC(=O)CCCC[C@H](NC=O)c1ncc-2[nH]1. The topological polar surface area (TPSA) is 113 Å². The van der Waals surface area contributed by atoms with Crippen molar-refractivity contribution in [1.82, 2.24) is 15.3 Å². The zero-order chi connectivity index (χ0) is 16.2. The molecule has 0 spiro atoms. The van der Waals surface area contributed by atoms with Gasteiger partial charge in [0.25, 0.3) is 0 Å². The van der Waals surface area contributed by atoms with E-state index in [9.17, 15) is 9.59 Å². The van der Waals surface area contributed by atoms with Crippen LogP contribution in [0.4, 0.5) is 11.4 Å². The minimum Gasteiger partial charge on any atom is -0.399 e. The summed E-state index contributed by atoms with van der Waals surface area (Å²) in [5.74, 6) is 0.666. The van der Waals surface area contributed by atoms with Crippen LogP contribution < -0.4 is 16.4 Å². The molecule has 120 valence electrons. The molecular weight excluding hydrogens is 294 g/mol. The maximum atomic E-state index is 12.1. The molecule has 7 nitrogen and oxygen atoms in total. The number of imidazole rings is 1. The van der Waals surface area contributed by atoms with E-state index in [-0.39, 0.29) is 11.9 Å². The van der Waals surface area contributed by atoms with Gasteiger partial charge in [0.2, 0.25) is 12.3 Å².